The molecule has 2 atom stereocenters. The van der Waals surface area contributed by atoms with Gasteiger partial charge in [0.1, 0.15) is 11.5 Å². The third kappa shape index (κ3) is 4.63. The van der Waals surface area contributed by atoms with Gasteiger partial charge in [0.15, 0.2) is 12.7 Å². The Bertz CT molecular complexity index is 838. The molecule has 6 heteroatoms. The Balaban J connectivity index is 1.70. The highest BCUT2D eigenvalue weighted by molar-refractivity contribution is 5.92. The number of carbonyl (C=O) groups is 2. The van der Waals surface area contributed by atoms with Crippen LogP contribution in [0.5, 0.6) is 11.5 Å². The van der Waals surface area contributed by atoms with Gasteiger partial charge in [0, 0.05) is 23.8 Å². The van der Waals surface area contributed by atoms with E-state index in [1.807, 2.05) is 36.1 Å². The Morgan fingerprint density at radius 1 is 1.29 bits per heavy atom. The van der Waals surface area contributed by atoms with E-state index >= 15 is 0 Å². The van der Waals surface area contributed by atoms with Gasteiger partial charge in [-0.3, -0.25) is 9.59 Å². The lowest BCUT2D eigenvalue weighted by molar-refractivity contribution is -0.139. The van der Waals surface area contributed by atoms with Crippen molar-refractivity contribution in [3.05, 3.63) is 54.1 Å². The standard InChI is InChI=1S/C22H26N2O4/c1-4-15(2)24-13-17-12-18(10-11-20(17)28-16(3)22(24)26)23-21(25)14-27-19-8-6-5-7-9-19/h5-12,15-16H,4,13-14H2,1-3H3,(H,23,25)/t15-,16+/m0/s1. The van der Waals surface area contributed by atoms with E-state index in [-0.39, 0.29) is 24.5 Å². The first-order valence-electron chi connectivity index (χ1n) is 9.55. The summed E-state index contributed by atoms with van der Waals surface area (Å²) in [4.78, 5) is 26.7. The van der Waals surface area contributed by atoms with Crippen LogP contribution in [-0.2, 0) is 16.1 Å². The topological polar surface area (TPSA) is 67.9 Å². The van der Waals surface area contributed by atoms with Crippen molar-refractivity contribution in [2.75, 3.05) is 11.9 Å². The first-order chi connectivity index (χ1) is 13.5. The highest BCUT2D eigenvalue weighted by atomic mass is 16.5. The maximum absolute atomic E-state index is 12.6. The number of benzene rings is 2. The minimum absolute atomic E-state index is 0.0209. The first-order valence-corrected chi connectivity index (χ1v) is 9.55. The number of ether oxygens (including phenoxy) is 2. The molecule has 2 aromatic carbocycles. The van der Waals surface area contributed by atoms with Crippen molar-refractivity contribution in [2.45, 2.75) is 45.9 Å². The molecular weight excluding hydrogens is 356 g/mol. The maximum atomic E-state index is 12.6. The second-order valence-corrected chi connectivity index (χ2v) is 6.96. The molecule has 0 radical (unpaired) electrons. The van der Waals surface area contributed by atoms with Crippen molar-refractivity contribution in [3.8, 4) is 11.5 Å². The van der Waals surface area contributed by atoms with Crippen molar-refractivity contribution in [1.29, 1.82) is 0 Å². The molecule has 28 heavy (non-hydrogen) atoms. The highest BCUT2D eigenvalue weighted by Gasteiger charge is 2.30. The van der Waals surface area contributed by atoms with Gasteiger partial charge in [0.25, 0.3) is 11.8 Å². The van der Waals surface area contributed by atoms with Crippen molar-refractivity contribution in [1.82, 2.24) is 4.90 Å². The predicted molar refractivity (Wildman–Crippen MR) is 107 cm³/mol. The van der Waals surface area contributed by atoms with E-state index in [2.05, 4.69) is 12.2 Å². The lowest BCUT2D eigenvalue weighted by Gasteiger charge is -2.28. The minimum Gasteiger partial charge on any atom is -0.484 e. The zero-order chi connectivity index (χ0) is 20.1. The van der Waals surface area contributed by atoms with Crippen LogP contribution in [0.1, 0.15) is 32.8 Å². The van der Waals surface area contributed by atoms with Gasteiger partial charge in [-0.1, -0.05) is 25.1 Å². The fourth-order valence-corrected chi connectivity index (χ4v) is 3.09. The van der Waals surface area contributed by atoms with E-state index in [0.717, 1.165) is 12.0 Å². The molecular formula is C22H26N2O4. The molecule has 0 bridgehead atoms. The van der Waals surface area contributed by atoms with Crippen LogP contribution in [-0.4, -0.2) is 35.5 Å². The Morgan fingerprint density at radius 2 is 2.04 bits per heavy atom. The quantitative estimate of drug-likeness (QED) is 0.829. The van der Waals surface area contributed by atoms with Gasteiger partial charge in [-0.05, 0) is 50.6 Å². The number of nitrogens with one attached hydrogen (secondary N) is 1. The van der Waals surface area contributed by atoms with Gasteiger partial charge in [0.05, 0.1) is 0 Å². The second-order valence-electron chi connectivity index (χ2n) is 6.96. The summed E-state index contributed by atoms with van der Waals surface area (Å²) in [6, 6.07) is 14.7. The van der Waals surface area contributed by atoms with E-state index in [0.29, 0.717) is 23.7 Å². The smallest absolute Gasteiger partial charge is 0.263 e. The minimum atomic E-state index is -0.532. The van der Waals surface area contributed by atoms with E-state index in [9.17, 15) is 9.59 Å². The van der Waals surface area contributed by atoms with Gasteiger partial charge in [-0.2, -0.15) is 0 Å². The van der Waals surface area contributed by atoms with Crippen LogP contribution in [0.25, 0.3) is 0 Å². The summed E-state index contributed by atoms with van der Waals surface area (Å²) >= 11 is 0. The number of hydrogen-bond acceptors (Lipinski definition) is 4. The molecule has 0 saturated carbocycles. The number of hydrogen-bond donors (Lipinski definition) is 1. The molecule has 0 aliphatic carbocycles. The number of carbonyl (C=O) groups excluding carboxylic acids is 2. The van der Waals surface area contributed by atoms with Gasteiger partial charge < -0.3 is 19.7 Å². The largest absolute Gasteiger partial charge is 0.484 e. The van der Waals surface area contributed by atoms with Crippen molar-refractivity contribution < 1.29 is 19.1 Å². The van der Waals surface area contributed by atoms with Crippen LogP contribution in [0.2, 0.25) is 0 Å². The zero-order valence-corrected chi connectivity index (χ0v) is 16.5. The highest BCUT2D eigenvalue weighted by Crippen LogP contribution is 2.29. The summed E-state index contributed by atoms with van der Waals surface area (Å²) in [5.74, 6) is 1.05. The average molecular weight is 382 g/mol. The van der Waals surface area contributed by atoms with Crippen LogP contribution < -0.4 is 14.8 Å². The molecule has 3 rings (SSSR count). The first kappa shape index (κ1) is 19.7. The summed E-state index contributed by atoms with van der Waals surface area (Å²) < 4.78 is 11.3. The maximum Gasteiger partial charge on any atom is 0.263 e. The molecule has 0 saturated heterocycles. The van der Waals surface area contributed by atoms with Crippen molar-refractivity contribution in [2.24, 2.45) is 0 Å². The van der Waals surface area contributed by atoms with Gasteiger partial charge >= 0.3 is 0 Å². The third-order valence-electron chi connectivity index (χ3n) is 4.86. The molecule has 1 heterocycles. The van der Waals surface area contributed by atoms with E-state index in [4.69, 9.17) is 9.47 Å². The molecule has 1 aliphatic heterocycles. The summed E-state index contributed by atoms with van der Waals surface area (Å²) in [5.41, 5.74) is 1.52. The molecule has 1 N–H and O–H groups in total. The number of para-hydroxylation sites is 1. The Morgan fingerprint density at radius 3 is 2.75 bits per heavy atom. The average Bonchev–Trinajstić information content (AvgIpc) is 2.83. The van der Waals surface area contributed by atoms with E-state index < -0.39 is 6.10 Å². The molecule has 6 nitrogen and oxygen atoms in total. The summed E-state index contributed by atoms with van der Waals surface area (Å²) in [6.07, 6.45) is 0.330. The van der Waals surface area contributed by atoms with Crippen molar-refractivity contribution in [3.63, 3.8) is 0 Å². The number of rotatable bonds is 6. The molecule has 148 valence electrons. The molecule has 0 spiro atoms. The van der Waals surface area contributed by atoms with Crippen LogP contribution in [0.15, 0.2) is 48.5 Å². The third-order valence-corrected chi connectivity index (χ3v) is 4.86. The SMILES string of the molecule is CC[C@H](C)N1Cc2cc(NC(=O)COc3ccccc3)ccc2O[C@H](C)C1=O. The van der Waals surface area contributed by atoms with Crippen LogP contribution >= 0.6 is 0 Å². The number of anilines is 1. The van der Waals surface area contributed by atoms with Crippen molar-refractivity contribution >= 4 is 17.5 Å². The number of amides is 2. The normalized spacial score (nSPS) is 17.2. The van der Waals surface area contributed by atoms with Crippen LogP contribution in [0.3, 0.4) is 0 Å². The molecule has 0 fully saturated rings. The summed E-state index contributed by atoms with van der Waals surface area (Å²) in [6.45, 7) is 6.23. The molecule has 2 aromatic rings. The zero-order valence-electron chi connectivity index (χ0n) is 16.5. The van der Waals surface area contributed by atoms with E-state index in [1.165, 1.54) is 0 Å². The number of fused-ring (bicyclic) bond motifs is 1. The summed E-state index contributed by atoms with van der Waals surface area (Å²) in [5, 5.41) is 2.84. The molecule has 2 amide bonds. The lowest BCUT2D eigenvalue weighted by atomic mass is 10.1. The molecule has 0 unspecified atom stereocenters. The van der Waals surface area contributed by atoms with Crippen LogP contribution in [0.4, 0.5) is 5.69 Å². The summed E-state index contributed by atoms with van der Waals surface area (Å²) in [7, 11) is 0. The lowest BCUT2D eigenvalue weighted by Crippen LogP contribution is -2.42. The van der Waals surface area contributed by atoms with Gasteiger partial charge in [-0.15, -0.1) is 0 Å². The second kappa shape index (κ2) is 8.78. The molecule has 0 aromatic heterocycles. The Hall–Kier alpha value is -3.02. The van der Waals surface area contributed by atoms with Crippen LogP contribution in [0, 0.1) is 0 Å². The fourth-order valence-electron chi connectivity index (χ4n) is 3.09. The predicted octanol–water partition coefficient (Wildman–Crippen LogP) is 3.61. The van der Waals surface area contributed by atoms with Gasteiger partial charge in [0.2, 0.25) is 0 Å². The number of nitrogens with zero attached hydrogens (tertiary/aromatic N) is 1. The van der Waals surface area contributed by atoms with E-state index in [1.54, 1.807) is 31.2 Å². The molecule has 1 aliphatic rings. The fraction of sp³-hybridized carbons (Fsp3) is 0.364. The Kier molecular flexibility index (Phi) is 6.19. The Labute approximate surface area is 165 Å². The van der Waals surface area contributed by atoms with Gasteiger partial charge in [-0.25, -0.2) is 0 Å². The monoisotopic (exact) mass is 382 g/mol.